The van der Waals surface area contributed by atoms with Crippen LogP contribution < -0.4 is 0 Å². The first kappa shape index (κ1) is 14.0. The number of nitrogens with zero attached hydrogens (tertiary/aromatic N) is 2. The van der Waals surface area contributed by atoms with Crippen LogP contribution in [0.15, 0.2) is 46.5 Å². The van der Waals surface area contributed by atoms with Crippen molar-refractivity contribution < 1.29 is 19.4 Å². The molecule has 1 aromatic heterocycles. The van der Waals surface area contributed by atoms with E-state index in [9.17, 15) is 9.59 Å². The molecule has 102 valence electrons. The summed E-state index contributed by atoms with van der Waals surface area (Å²) < 4.78 is 4.54. The van der Waals surface area contributed by atoms with Crippen molar-refractivity contribution in [3.8, 4) is 0 Å². The van der Waals surface area contributed by atoms with E-state index in [1.54, 1.807) is 24.3 Å². The third-order valence-corrected chi connectivity index (χ3v) is 3.34. The molecule has 0 unspecified atom stereocenters. The molecule has 0 aliphatic rings. The Labute approximate surface area is 118 Å². The Morgan fingerprint density at radius 3 is 2.70 bits per heavy atom. The molecule has 0 fully saturated rings. The van der Waals surface area contributed by atoms with Crippen molar-refractivity contribution in [1.82, 2.24) is 9.97 Å². The first-order chi connectivity index (χ1) is 9.61. The molecule has 1 aromatic carbocycles. The molecule has 0 aliphatic heterocycles. The van der Waals surface area contributed by atoms with Crippen LogP contribution in [-0.2, 0) is 4.74 Å². The Balaban J connectivity index is 2.31. The first-order valence-electron chi connectivity index (χ1n) is 5.53. The lowest BCUT2D eigenvalue weighted by Crippen LogP contribution is -2.07. The number of hydrogen-bond acceptors (Lipinski definition) is 6. The number of aromatic nitrogens is 2. The zero-order chi connectivity index (χ0) is 14.5. The molecule has 6 nitrogen and oxygen atoms in total. The predicted octanol–water partition coefficient (Wildman–Crippen LogP) is 2.11. The molecule has 0 saturated carbocycles. The van der Waals surface area contributed by atoms with Crippen LogP contribution in [0.2, 0.25) is 0 Å². The zero-order valence-electron chi connectivity index (χ0n) is 10.4. The highest BCUT2D eigenvalue weighted by atomic mass is 32.2. The number of rotatable bonds is 4. The molecule has 0 atom stereocenters. The third-order valence-electron chi connectivity index (χ3n) is 2.33. The monoisotopic (exact) mass is 290 g/mol. The smallest absolute Gasteiger partial charge is 0.376 e. The molecule has 2 aromatic rings. The maximum atomic E-state index is 11.3. The van der Waals surface area contributed by atoms with Crippen molar-refractivity contribution >= 4 is 23.7 Å². The summed E-state index contributed by atoms with van der Waals surface area (Å²) in [5.41, 5.74) is 0.177. The number of carboxylic acids is 1. The van der Waals surface area contributed by atoms with E-state index in [0.29, 0.717) is 9.92 Å². The number of benzene rings is 1. The van der Waals surface area contributed by atoms with Gasteiger partial charge in [0.15, 0.2) is 0 Å². The predicted molar refractivity (Wildman–Crippen MR) is 70.9 cm³/mol. The number of esters is 1. The lowest BCUT2D eigenvalue weighted by molar-refractivity contribution is 0.0584. The number of aromatic carboxylic acids is 1. The maximum Gasteiger partial charge on any atom is 0.376 e. The standard InChI is InChI=1S/C13H10N2O4S/c1-19-13(18)11-14-7-6-10(15-11)20-9-5-3-2-4-8(9)12(16)17/h2-7H,1H3,(H,16,17). The highest BCUT2D eigenvalue weighted by molar-refractivity contribution is 7.99. The molecule has 0 radical (unpaired) electrons. The van der Waals surface area contributed by atoms with Gasteiger partial charge >= 0.3 is 11.9 Å². The molecule has 0 amide bonds. The van der Waals surface area contributed by atoms with Gasteiger partial charge in [-0.3, -0.25) is 0 Å². The van der Waals surface area contributed by atoms with Gasteiger partial charge in [0, 0.05) is 11.1 Å². The average molecular weight is 290 g/mol. The van der Waals surface area contributed by atoms with E-state index in [1.165, 1.54) is 19.4 Å². The molecule has 0 saturated heterocycles. The van der Waals surface area contributed by atoms with Gasteiger partial charge in [0.1, 0.15) is 5.03 Å². The van der Waals surface area contributed by atoms with Crippen LogP contribution in [0.25, 0.3) is 0 Å². The van der Waals surface area contributed by atoms with Crippen molar-refractivity contribution in [2.45, 2.75) is 9.92 Å². The Bertz CT molecular complexity index is 660. The average Bonchev–Trinajstić information content (AvgIpc) is 2.47. The van der Waals surface area contributed by atoms with E-state index in [2.05, 4.69) is 14.7 Å². The van der Waals surface area contributed by atoms with Crippen LogP contribution in [-0.4, -0.2) is 34.1 Å². The van der Waals surface area contributed by atoms with E-state index >= 15 is 0 Å². The number of carboxylic acid groups (broad SMARTS) is 1. The van der Waals surface area contributed by atoms with Gasteiger partial charge in [0.05, 0.1) is 12.7 Å². The minimum Gasteiger partial charge on any atom is -0.478 e. The fourth-order valence-corrected chi connectivity index (χ4v) is 2.33. The molecule has 7 heteroatoms. The molecular formula is C13H10N2O4S. The van der Waals surface area contributed by atoms with E-state index < -0.39 is 11.9 Å². The van der Waals surface area contributed by atoms with Crippen molar-refractivity contribution in [2.75, 3.05) is 7.11 Å². The number of carbonyl (C=O) groups is 2. The SMILES string of the molecule is COC(=O)c1nccc(Sc2ccccc2C(=O)O)n1. The minimum absolute atomic E-state index is 0.0645. The van der Waals surface area contributed by atoms with E-state index in [0.717, 1.165) is 11.8 Å². The summed E-state index contributed by atoms with van der Waals surface area (Å²) in [4.78, 5) is 30.8. The number of hydrogen-bond donors (Lipinski definition) is 1. The molecule has 1 heterocycles. The summed E-state index contributed by atoms with van der Waals surface area (Å²) in [6.45, 7) is 0. The van der Waals surface area contributed by atoms with Gasteiger partial charge in [-0.15, -0.1) is 0 Å². The molecule has 0 spiro atoms. The van der Waals surface area contributed by atoms with Crippen molar-refractivity contribution in [3.63, 3.8) is 0 Å². The lowest BCUT2D eigenvalue weighted by Gasteiger charge is -2.05. The summed E-state index contributed by atoms with van der Waals surface area (Å²) in [5.74, 6) is -1.72. The van der Waals surface area contributed by atoms with Gasteiger partial charge in [-0.1, -0.05) is 23.9 Å². The Hall–Kier alpha value is -2.41. The topological polar surface area (TPSA) is 89.4 Å². The molecule has 2 rings (SSSR count). The molecule has 0 aliphatic carbocycles. The van der Waals surface area contributed by atoms with E-state index in [4.69, 9.17) is 5.11 Å². The summed E-state index contributed by atoms with van der Waals surface area (Å²) in [7, 11) is 1.24. The van der Waals surface area contributed by atoms with E-state index in [1.807, 2.05) is 0 Å². The maximum absolute atomic E-state index is 11.3. The zero-order valence-corrected chi connectivity index (χ0v) is 11.3. The second-order valence-corrected chi connectivity index (χ2v) is 4.68. The second-order valence-electron chi connectivity index (χ2n) is 3.61. The fourth-order valence-electron chi connectivity index (χ4n) is 1.43. The summed E-state index contributed by atoms with van der Waals surface area (Å²) in [6, 6.07) is 8.15. The minimum atomic E-state index is -1.02. The molecule has 0 bridgehead atoms. The number of ether oxygens (including phenoxy) is 1. The van der Waals surface area contributed by atoms with Crippen LogP contribution >= 0.6 is 11.8 Å². The van der Waals surface area contributed by atoms with Gasteiger partial charge in [-0.25, -0.2) is 19.6 Å². The highest BCUT2D eigenvalue weighted by Crippen LogP contribution is 2.28. The summed E-state index contributed by atoms with van der Waals surface area (Å²) in [5, 5.41) is 9.57. The van der Waals surface area contributed by atoms with Crippen LogP contribution in [0.1, 0.15) is 21.0 Å². The molecular weight excluding hydrogens is 280 g/mol. The largest absolute Gasteiger partial charge is 0.478 e. The second kappa shape index (κ2) is 6.16. The fraction of sp³-hybridized carbons (Fsp3) is 0.0769. The Morgan fingerprint density at radius 1 is 1.25 bits per heavy atom. The van der Waals surface area contributed by atoms with Crippen LogP contribution in [0.5, 0.6) is 0 Å². The van der Waals surface area contributed by atoms with Crippen molar-refractivity contribution in [1.29, 1.82) is 0 Å². The molecule has 20 heavy (non-hydrogen) atoms. The quantitative estimate of drug-likeness (QED) is 0.681. The summed E-state index contributed by atoms with van der Waals surface area (Å²) in [6.07, 6.45) is 1.42. The van der Waals surface area contributed by atoms with Gasteiger partial charge in [-0.2, -0.15) is 0 Å². The van der Waals surface area contributed by atoms with Gasteiger partial charge in [0.25, 0.3) is 0 Å². The van der Waals surface area contributed by atoms with E-state index in [-0.39, 0.29) is 11.4 Å². The third kappa shape index (κ3) is 3.12. The Kier molecular flexibility index (Phi) is 4.31. The molecule has 1 N–H and O–H groups in total. The first-order valence-corrected chi connectivity index (χ1v) is 6.35. The van der Waals surface area contributed by atoms with Gasteiger partial charge in [-0.05, 0) is 18.2 Å². The van der Waals surface area contributed by atoms with Gasteiger partial charge in [0.2, 0.25) is 5.82 Å². The Morgan fingerprint density at radius 2 is 2.00 bits per heavy atom. The number of methoxy groups -OCH3 is 1. The van der Waals surface area contributed by atoms with Crippen LogP contribution in [0.3, 0.4) is 0 Å². The van der Waals surface area contributed by atoms with Crippen molar-refractivity contribution in [3.05, 3.63) is 47.9 Å². The lowest BCUT2D eigenvalue weighted by atomic mass is 10.2. The van der Waals surface area contributed by atoms with Crippen LogP contribution in [0, 0.1) is 0 Å². The van der Waals surface area contributed by atoms with Crippen LogP contribution in [0.4, 0.5) is 0 Å². The highest BCUT2D eigenvalue weighted by Gasteiger charge is 2.13. The number of carbonyl (C=O) groups excluding carboxylic acids is 1. The van der Waals surface area contributed by atoms with Crippen molar-refractivity contribution in [2.24, 2.45) is 0 Å². The van der Waals surface area contributed by atoms with Gasteiger partial charge < -0.3 is 9.84 Å². The normalized spacial score (nSPS) is 10.1. The summed E-state index contributed by atoms with van der Waals surface area (Å²) >= 11 is 1.14.